The number of esters is 1. The van der Waals surface area contributed by atoms with Crippen molar-refractivity contribution in [1.29, 1.82) is 0 Å². The second-order valence-electron chi connectivity index (χ2n) is 4.52. The molecule has 0 spiro atoms. The minimum Gasteiger partial charge on any atom is -0.469 e. The Hall–Kier alpha value is -0.870. The van der Waals surface area contributed by atoms with Gasteiger partial charge in [-0.2, -0.15) is 0 Å². The van der Waals surface area contributed by atoms with Gasteiger partial charge in [0, 0.05) is 0 Å². The van der Waals surface area contributed by atoms with Crippen LogP contribution in [0.2, 0.25) is 0 Å². The third-order valence-corrected chi connectivity index (χ3v) is 2.83. The van der Waals surface area contributed by atoms with Gasteiger partial charge in [-0.1, -0.05) is 13.0 Å². The Balaban J connectivity index is 3.98. The summed E-state index contributed by atoms with van der Waals surface area (Å²) in [5, 5.41) is 9.28. The molecule has 0 aliphatic heterocycles. The normalized spacial score (nSPS) is 16.0. The van der Waals surface area contributed by atoms with Crippen LogP contribution in [-0.4, -0.2) is 37.0 Å². The van der Waals surface area contributed by atoms with E-state index in [1.54, 1.807) is 6.08 Å². The monoisotopic (exact) mass is 244 g/mol. The summed E-state index contributed by atoms with van der Waals surface area (Å²) in [5.74, 6) is -0.301. The van der Waals surface area contributed by atoms with Gasteiger partial charge in [0.1, 0.15) is 0 Å². The number of hydrogen-bond donors (Lipinski definition) is 1. The predicted octanol–water partition coefficient (Wildman–Crippen LogP) is 1.92. The van der Waals surface area contributed by atoms with Gasteiger partial charge < -0.3 is 14.6 Å². The quantitative estimate of drug-likeness (QED) is 0.497. The van der Waals surface area contributed by atoms with Crippen molar-refractivity contribution < 1.29 is 19.4 Å². The second kappa shape index (κ2) is 8.25. The maximum absolute atomic E-state index is 11.2. The number of aliphatic hydroxyl groups excluding tert-OH is 1. The Morgan fingerprint density at radius 1 is 1.59 bits per heavy atom. The minimum atomic E-state index is -0.552. The molecule has 0 aliphatic rings. The largest absolute Gasteiger partial charge is 0.469 e. The molecular weight excluding hydrogens is 220 g/mol. The van der Waals surface area contributed by atoms with Crippen LogP contribution in [-0.2, 0) is 14.3 Å². The molecule has 0 aliphatic carbocycles. The lowest BCUT2D eigenvalue weighted by atomic mass is 9.96. The van der Waals surface area contributed by atoms with E-state index >= 15 is 0 Å². The van der Waals surface area contributed by atoms with Crippen molar-refractivity contribution in [2.24, 2.45) is 5.92 Å². The van der Waals surface area contributed by atoms with Crippen LogP contribution in [0.1, 0.15) is 33.1 Å². The van der Waals surface area contributed by atoms with E-state index < -0.39 is 5.60 Å². The maximum atomic E-state index is 11.2. The van der Waals surface area contributed by atoms with Crippen molar-refractivity contribution in [2.45, 2.75) is 38.7 Å². The molecule has 17 heavy (non-hydrogen) atoms. The van der Waals surface area contributed by atoms with Gasteiger partial charge in [-0.05, 0) is 26.2 Å². The lowest BCUT2D eigenvalue weighted by molar-refractivity contribution is -0.145. The van der Waals surface area contributed by atoms with E-state index in [9.17, 15) is 9.90 Å². The van der Waals surface area contributed by atoms with E-state index in [-0.39, 0.29) is 18.5 Å². The molecule has 4 heteroatoms. The number of hydrogen-bond acceptors (Lipinski definition) is 4. The molecular formula is C13H24O4. The highest BCUT2D eigenvalue weighted by Gasteiger charge is 2.24. The van der Waals surface area contributed by atoms with Gasteiger partial charge in [-0.25, -0.2) is 0 Å². The van der Waals surface area contributed by atoms with Gasteiger partial charge in [0.15, 0.2) is 0 Å². The molecule has 0 fully saturated rings. The van der Waals surface area contributed by atoms with Crippen LogP contribution < -0.4 is 0 Å². The van der Waals surface area contributed by atoms with Crippen LogP contribution in [0, 0.1) is 5.92 Å². The van der Waals surface area contributed by atoms with Crippen LogP contribution in [0.25, 0.3) is 0 Å². The average molecular weight is 244 g/mol. The zero-order valence-electron chi connectivity index (χ0n) is 11.1. The van der Waals surface area contributed by atoms with Gasteiger partial charge in [0.2, 0.25) is 0 Å². The van der Waals surface area contributed by atoms with Crippen LogP contribution >= 0.6 is 0 Å². The Bertz CT molecular complexity index is 240. The number of methoxy groups -OCH3 is 1. The molecule has 4 nitrogen and oxygen atoms in total. The Morgan fingerprint density at radius 3 is 2.71 bits per heavy atom. The Kier molecular flexibility index (Phi) is 7.83. The van der Waals surface area contributed by atoms with Crippen LogP contribution in [0.4, 0.5) is 0 Å². The first-order valence-corrected chi connectivity index (χ1v) is 5.92. The minimum absolute atomic E-state index is 0.0343. The molecule has 0 amide bonds. The molecule has 100 valence electrons. The molecule has 0 heterocycles. The predicted molar refractivity (Wildman–Crippen MR) is 66.7 cm³/mol. The number of rotatable bonds is 9. The summed E-state index contributed by atoms with van der Waals surface area (Å²) in [6, 6.07) is 0. The molecule has 0 aromatic carbocycles. The third-order valence-electron chi connectivity index (χ3n) is 2.83. The van der Waals surface area contributed by atoms with Gasteiger partial charge in [-0.15, -0.1) is 6.58 Å². The average Bonchev–Trinajstić information content (AvgIpc) is 2.35. The van der Waals surface area contributed by atoms with Gasteiger partial charge in [0.25, 0.3) is 0 Å². The van der Waals surface area contributed by atoms with Gasteiger partial charge in [0.05, 0.1) is 31.8 Å². The molecule has 0 bridgehead atoms. The SMILES string of the molecule is C=CCO[C@@](C)(CO)CCC[C@H](C)C(=O)OC. The smallest absolute Gasteiger partial charge is 0.308 e. The van der Waals surface area contributed by atoms with Gasteiger partial charge in [-0.3, -0.25) is 4.79 Å². The van der Waals surface area contributed by atoms with Gasteiger partial charge >= 0.3 is 5.97 Å². The third kappa shape index (κ3) is 6.44. The fraction of sp³-hybridized carbons (Fsp3) is 0.769. The Labute approximate surface area is 104 Å². The van der Waals surface area contributed by atoms with Crippen LogP contribution in [0.3, 0.4) is 0 Å². The fourth-order valence-electron chi connectivity index (χ4n) is 1.56. The summed E-state index contributed by atoms with van der Waals surface area (Å²) in [6.07, 6.45) is 3.91. The van der Waals surface area contributed by atoms with E-state index in [4.69, 9.17) is 4.74 Å². The van der Waals surface area contributed by atoms with E-state index in [0.717, 1.165) is 12.8 Å². The summed E-state index contributed by atoms with van der Waals surface area (Å²) in [6.45, 7) is 7.66. The maximum Gasteiger partial charge on any atom is 0.308 e. The summed E-state index contributed by atoms with van der Waals surface area (Å²) >= 11 is 0. The van der Waals surface area contributed by atoms with Crippen molar-refractivity contribution in [2.75, 3.05) is 20.3 Å². The van der Waals surface area contributed by atoms with E-state index in [1.165, 1.54) is 7.11 Å². The number of aliphatic hydroxyl groups is 1. The first kappa shape index (κ1) is 16.1. The summed E-state index contributed by atoms with van der Waals surface area (Å²) in [5.41, 5.74) is -0.552. The zero-order valence-corrected chi connectivity index (χ0v) is 11.1. The Morgan fingerprint density at radius 2 is 2.24 bits per heavy atom. The van der Waals surface area contributed by atoms with Crippen molar-refractivity contribution >= 4 is 5.97 Å². The van der Waals surface area contributed by atoms with Crippen molar-refractivity contribution in [3.8, 4) is 0 Å². The first-order chi connectivity index (χ1) is 7.99. The highest BCUT2D eigenvalue weighted by atomic mass is 16.5. The molecule has 0 radical (unpaired) electrons. The van der Waals surface area contributed by atoms with Crippen LogP contribution in [0.5, 0.6) is 0 Å². The lowest BCUT2D eigenvalue weighted by Crippen LogP contribution is -2.33. The first-order valence-electron chi connectivity index (χ1n) is 5.92. The topological polar surface area (TPSA) is 55.8 Å². The molecule has 0 unspecified atom stereocenters. The fourth-order valence-corrected chi connectivity index (χ4v) is 1.56. The van der Waals surface area contributed by atoms with E-state index in [0.29, 0.717) is 13.0 Å². The van der Waals surface area contributed by atoms with E-state index in [2.05, 4.69) is 11.3 Å². The summed E-state index contributed by atoms with van der Waals surface area (Å²) in [4.78, 5) is 11.2. The van der Waals surface area contributed by atoms with Crippen molar-refractivity contribution in [3.63, 3.8) is 0 Å². The van der Waals surface area contributed by atoms with Crippen molar-refractivity contribution in [1.82, 2.24) is 0 Å². The highest BCUT2D eigenvalue weighted by Crippen LogP contribution is 2.20. The number of ether oxygens (including phenoxy) is 2. The lowest BCUT2D eigenvalue weighted by Gasteiger charge is -2.27. The zero-order chi connectivity index (χ0) is 13.3. The molecule has 0 saturated carbocycles. The van der Waals surface area contributed by atoms with Crippen LogP contribution in [0.15, 0.2) is 12.7 Å². The summed E-state index contributed by atoms with van der Waals surface area (Å²) < 4.78 is 10.2. The van der Waals surface area contributed by atoms with E-state index in [1.807, 2.05) is 13.8 Å². The molecule has 0 saturated heterocycles. The molecule has 1 N–H and O–H groups in total. The standard InChI is InChI=1S/C13H24O4/c1-5-9-17-13(3,10-14)8-6-7-11(2)12(15)16-4/h5,11,14H,1,6-10H2,2-4H3/t11-,13+/m0/s1. The molecule has 0 aromatic rings. The van der Waals surface area contributed by atoms with Crippen molar-refractivity contribution in [3.05, 3.63) is 12.7 Å². The second-order valence-corrected chi connectivity index (χ2v) is 4.52. The number of carbonyl (C=O) groups excluding carboxylic acids is 1. The molecule has 0 aromatic heterocycles. The molecule has 0 rings (SSSR count). The number of carbonyl (C=O) groups is 1. The molecule has 2 atom stereocenters. The summed E-state index contributed by atoms with van der Waals surface area (Å²) in [7, 11) is 1.39. The highest BCUT2D eigenvalue weighted by molar-refractivity contribution is 5.71.